The molecule has 0 aliphatic heterocycles. The first-order valence-electron chi connectivity index (χ1n) is 8.70. The van der Waals surface area contributed by atoms with E-state index in [4.69, 9.17) is 9.15 Å². The van der Waals surface area contributed by atoms with Crippen molar-refractivity contribution in [1.82, 2.24) is 5.32 Å². The molecule has 1 N–H and O–H groups in total. The van der Waals surface area contributed by atoms with E-state index in [0.717, 1.165) is 28.0 Å². The average Bonchev–Trinajstić information content (AvgIpc) is 2.97. The minimum absolute atomic E-state index is 0.214. The number of fused-ring (bicyclic) bond motifs is 1. The highest BCUT2D eigenvalue weighted by atomic mass is 16.5. The molecule has 0 atom stereocenters. The SMILES string of the molecule is CCOc1ccc2oc(C(=O)NCc3ccc(N(C)C)cc3)c(C)c2c1. The molecular weight excluding hydrogens is 328 g/mol. The van der Waals surface area contributed by atoms with Gasteiger partial charge in [0.05, 0.1) is 6.61 Å². The molecule has 5 nitrogen and oxygen atoms in total. The van der Waals surface area contributed by atoms with E-state index in [1.165, 1.54) is 0 Å². The topological polar surface area (TPSA) is 54.7 Å². The van der Waals surface area contributed by atoms with Gasteiger partial charge in [-0.25, -0.2) is 0 Å². The van der Waals surface area contributed by atoms with Gasteiger partial charge in [0.1, 0.15) is 11.3 Å². The van der Waals surface area contributed by atoms with Gasteiger partial charge >= 0.3 is 0 Å². The van der Waals surface area contributed by atoms with Crippen LogP contribution in [0.5, 0.6) is 5.75 Å². The number of hydrogen-bond donors (Lipinski definition) is 1. The van der Waals surface area contributed by atoms with Gasteiger partial charge in [0, 0.05) is 37.3 Å². The fourth-order valence-electron chi connectivity index (χ4n) is 2.85. The molecule has 5 heteroatoms. The van der Waals surface area contributed by atoms with Crippen molar-refractivity contribution in [2.24, 2.45) is 0 Å². The van der Waals surface area contributed by atoms with Crippen LogP contribution in [0.25, 0.3) is 11.0 Å². The highest BCUT2D eigenvalue weighted by Gasteiger charge is 2.18. The van der Waals surface area contributed by atoms with E-state index >= 15 is 0 Å². The van der Waals surface area contributed by atoms with Gasteiger partial charge in [0.2, 0.25) is 0 Å². The van der Waals surface area contributed by atoms with Crippen molar-refractivity contribution in [2.45, 2.75) is 20.4 Å². The number of rotatable bonds is 6. The summed E-state index contributed by atoms with van der Waals surface area (Å²) < 4.78 is 11.3. The van der Waals surface area contributed by atoms with Gasteiger partial charge in [0.25, 0.3) is 5.91 Å². The predicted octanol–water partition coefficient (Wildman–Crippen LogP) is 4.14. The maximum atomic E-state index is 12.5. The normalized spacial score (nSPS) is 10.8. The zero-order valence-electron chi connectivity index (χ0n) is 15.6. The summed E-state index contributed by atoms with van der Waals surface area (Å²) in [5, 5.41) is 3.83. The van der Waals surface area contributed by atoms with E-state index in [9.17, 15) is 4.79 Å². The third-order valence-corrected chi connectivity index (χ3v) is 4.33. The van der Waals surface area contributed by atoms with Gasteiger partial charge in [-0.05, 0) is 49.7 Å². The first kappa shape index (κ1) is 17.9. The molecule has 0 fully saturated rings. The number of amides is 1. The maximum Gasteiger partial charge on any atom is 0.287 e. The quantitative estimate of drug-likeness (QED) is 0.724. The van der Waals surface area contributed by atoms with Crippen LogP contribution in [0.1, 0.15) is 28.6 Å². The fraction of sp³-hybridized carbons (Fsp3) is 0.286. The number of carbonyl (C=O) groups excluding carboxylic acids is 1. The minimum Gasteiger partial charge on any atom is -0.494 e. The summed E-state index contributed by atoms with van der Waals surface area (Å²) in [6.07, 6.45) is 0. The number of nitrogens with zero attached hydrogens (tertiary/aromatic N) is 1. The van der Waals surface area contributed by atoms with Gasteiger partial charge < -0.3 is 19.4 Å². The summed E-state index contributed by atoms with van der Waals surface area (Å²) in [7, 11) is 4.00. The van der Waals surface area contributed by atoms with Crippen LogP contribution in [0.15, 0.2) is 46.9 Å². The first-order chi connectivity index (χ1) is 12.5. The number of hydrogen-bond acceptors (Lipinski definition) is 4. The maximum absolute atomic E-state index is 12.5. The van der Waals surface area contributed by atoms with Crippen molar-refractivity contribution in [3.8, 4) is 5.75 Å². The number of benzene rings is 2. The Morgan fingerprint density at radius 3 is 2.54 bits per heavy atom. The van der Waals surface area contributed by atoms with Crippen molar-refractivity contribution in [3.63, 3.8) is 0 Å². The second-order valence-electron chi connectivity index (χ2n) is 6.39. The van der Waals surface area contributed by atoms with E-state index in [1.807, 2.05) is 75.3 Å². The summed E-state index contributed by atoms with van der Waals surface area (Å²) in [6, 6.07) is 13.7. The molecule has 2 aromatic carbocycles. The number of nitrogens with one attached hydrogen (secondary N) is 1. The number of furan rings is 1. The largest absolute Gasteiger partial charge is 0.494 e. The first-order valence-corrected chi connectivity index (χ1v) is 8.70. The molecule has 0 unspecified atom stereocenters. The molecule has 0 saturated heterocycles. The second-order valence-corrected chi connectivity index (χ2v) is 6.39. The molecule has 0 aliphatic rings. The highest BCUT2D eigenvalue weighted by Crippen LogP contribution is 2.29. The number of carbonyl (C=O) groups is 1. The van der Waals surface area contributed by atoms with Gasteiger partial charge in [-0.2, -0.15) is 0 Å². The molecule has 1 aromatic heterocycles. The zero-order chi connectivity index (χ0) is 18.7. The molecule has 0 bridgehead atoms. The summed E-state index contributed by atoms with van der Waals surface area (Å²) in [5.41, 5.74) is 3.67. The van der Waals surface area contributed by atoms with Crippen LogP contribution in [0.4, 0.5) is 5.69 Å². The summed E-state index contributed by atoms with van der Waals surface area (Å²) in [5.74, 6) is 0.906. The Balaban J connectivity index is 1.74. The van der Waals surface area contributed by atoms with Crippen LogP contribution in [-0.4, -0.2) is 26.6 Å². The average molecular weight is 352 g/mol. The summed E-state index contributed by atoms with van der Waals surface area (Å²) in [4.78, 5) is 14.6. The van der Waals surface area contributed by atoms with Crippen LogP contribution < -0.4 is 15.0 Å². The van der Waals surface area contributed by atoms with E-state index in [1.54, 1.807) is 0 Å². The van der Waals surface area contributed by atoms with Crippen LogP contribution in [-0.2, 0) is 6.54 Å². The number of aryl methyl sites for hydroxylation is 1. The molecule has 0 radical (unpaired) electrons. The molecule has 1 heterocycles. The third-order valence-electron chi connectivity index (χ3n) is 4.33. The van der Waals surface area contributed by atoms with E-state index in [-0.39, 0.29) is 5.91 Å². The molecule has 136 valence electrons. The Kier molecular flexibility index (Phi) is 5.16. The highest BCUT2D eigenvalue weighted by molar-refractivity contribution is 5.99. The van der Waals surface area contributed by atoms with Crippen LogP contribution >= 0.6 is 0 Å². The van der Waals surface area contributed by atoms with Gasteiger partial charge in [-0.1, -0.05) is 12.1 Å². The van der Waals surface area contributed by atoms with Crippen molar-refractivity contribution in [3.05, 3.63) is 59.4 Å². The van der Waals surface area contributed by atoms with Crippen LogP contribution in [0.3, 0.4) is 0 Å². The van der Waals surface area contributed by atoms with E-state index in [2.05, 4.69) is 5.32 Å². The number of anilines is 1. The molecule has 0 saturated carbocycles. The molecule has 0 aliphatic carbocycles. The molecular formula is C21H24N2O3. The lowest BCUT2D eigenvalue weighted by molar-refractivity contribution is 0.0924. The molecule has 26 heavy (non-hydrogen) atoms. The summed E-state index contributed by atoms with van der Waals surface area (Å²) in [6.45, 7) is 4.88. The second kappa shape index (κ2) is 7.52. The third kappa shape index (κ3) is 3.67. The lowest BCUT2D eigenvalue weighted by atomic mass is 10.1. The molecule has 3 aromatic rings. The zero-order valence-corrected chi connectivity index (χ0v) is 15.6. The lowest BCUT2D eigenvalue weighted by Crippen LogP contribution is -2.23. The van der Waals surface area contributed by atoms with E-state index in [0.29, 0.717) is 24.5 Å². The standard InChI is InChI=1S/C21H24N2O3/c1-5-25-17-10-11-19-18(12-17)14(2)20(26-19)21(24)22-13-15-6-8-16(9-7-15)23(3)4/h6-12H,5,13H2,1-4H3,(H,22,24). The molecule has 3 rings (SSSR count). The Labute approximate surface area is 153 Å². The molecule has 0 spiro atoms. The monoisotopic (exact) mass is 352 g/mol. The van der Waals surface area contributed by atoms with Gasteiger partial charge in [0.15, 0.2) is 5.76 Å². The Morgan fingerprint density at radius 2 is 1.88 bits per heavy atom. The van der Waals surface area contributed by atoms with Crippen LogP contribution in [0, 0.1) is 6.92 Å². The minimum atomic E-state index is -0.214. The smallest absolute Gasteiger partial charge is 0.287 e. The lowest BCUT2D eigenvalue weighted by Gasteiger charge is -2.12. The van der Waals surface area contributed by atoms with Gasteiger partial charge in [-0.3, -0.25) is 4.79 Å². The molecule has 1 amide bonds. The van der Waals surface area contributed by atoms with Crippen molar-refractivity contribution in [1.29, 1.82) is 0 Å². The van der Waals surface area contributed by atoms with E-state index < -0.39 is 0 Å². The Bertz CT molecular complexity index is 911. The van der Waals surface area contributed by atoms with Crippen molar-refractivity contribution < 1.29 is 13.9 Å². The predicted molar refractivity (Wildman–Crippen MR) is 104 cm³/mol. The fourth-order valence-corrected chi connectivity index (χ4v) is 2.85. The number of ether oxygens (including phenoxy) is 1. The van der Waals surface area contributed by atoms with Crippen molar-refractivity contribution in [2.75, 3.05) is 25.6 Å². The Morgan fingerprint density at radius 1 is 1.15 bits per heavy atom. The van der Waals surface area contributed by atoms with Crippen molar-refractivity contribution >= 4 is 22.6 Å². The van der Waals surface area contributed by atoms with Gasteiger partial charge in [-0.15, -0.1) is 0 Å². The summed E-state index contributed by atoms with van der Waals surface area (Å²) >= 11 is 0. The Hall–Kier alpha value is -2.95. The van der Waals surface area contributed by atoms with Crippen LogP contribution in [0.2, 0.25) is 0 Å².